The third-order valence-electron chi connectivity index (χ3n) is 3.77. The molecule has 0 atom stereocenters. The number of aromatic nitrogens is 1. The van der Waals surface area contributed by atoms with Crippen LogP contribution in [0.3, 0.4) is 0 Å². The van der Waals surface area contributed by atoms with Crippen molar-refractivity contribution in [3.63, 3.8) is 0 Å². The van der Waals surface area contributed by atoms with E-state index in [1.54, 1.807) is 6.20 Å². The van der Waals surface area contributed by atoms with Crippen molar-refractivity contribution >= 4 is 5.84 Å². The maximum Gasteiger partial charge on any atom is 0.230 e. The van der Waals surface area contributed by atoms with Crippen molar-refractivity contribution in [2.45, 2.75) is 20.8 Å². The summed E-state index contributed by atoms with van der Waals surface area (Å²) in [5, 5.41) is 3.27. The molecule has 4 heteroatoms. The highest BCUT2D eigenvalue weighted by Crippen LogP contribution is 2.31. The van der Waals surface area contributed by atoms with Gasteiger partial charge in [-0.25, -0.2) is 4.98 Å². The van der Waals surface area contributed by atoms with Crippen LogP contribution in [0.4, 0.5) is 0 Å². The first-order valence-electron chi connectivity index (χ1n) is 7.15. The molecule has 0 radical (unpaired) electrons. The number of nitrogens with zero attached hydrogens (tertiary/aromatic N) is 2. The first kappa shape index (κ1) is 13.6. The highest BCUT2D eigenvalue weighted by molar-refractivity contribution is 6.01. The summed E-state index contributed by atoms with van der Waals surface area (Å²) < 4.78 is 6.13. The minimum absolute atomic E-state index is 0.599. The van der Waals surface area contributed by atoms with Crippen LogP contribution < -0.4 is 10.1 Å². The lowest BCUT2D eigenvalue weighted by Crippen LogP contribution is -2.20. The van der Waals surface area contributed by atoms with Gasteiger partial charge in [-0.3, -0.25) is 4.99 Å². The maximum absolute atomic E-state index is 6.13. The van der Waals surface area contributed by atoms with Gasteiger partial charge in [0.1, 0.15) is 11.6 Å². The Labute approximate surface area is 124 Å². The van der Waals surface area contributed by atoms with Gasteiger partial charge in [-0.1, -0.05) is 12.1 Å². The third kappa shape index (κ3) is 2.61. The number of ether oxygens (including phenoxy) is 1. The first-order chi connectivity index (χ1) is 10.2. The quantitative estimate of drug-likeness (QED) is 0.940. The maximum atomic E-state index is 6.13. The Balaban J connectivity index is 2.01. The second-order valence-electron chi connectivity index (χ2n) is 5.27. The zero-order valence-corrected chi connectivity index (χ0v) is 12.6. The van der Waals surface area contributed by atoms with Crippen LogP contribution in [0.2, 0.25) is 0 Å². The molecule has 0 fully saturated rings. The standard InChI is InChI=1S/C17H19N3O/c1-11-6-7-12(2)15(13(11)3)21-17-14(5-4-8-20-17)16-18-9-10-19-16/h4-8H,9-10H2,1-3H3,(H,18,19). The van der Waals surface area contributed by atoms with Crippen molar-refractivity contribution in [2.24, 2.45) is 4.99 Å². The van der Waals surface area contributed by atoms with Crippen molar-refractivity contribution in [3.05, 3.63) is 52.7 Å². The van der Waals surface area contributed by atoms with E-state index in [-0.39, 0.29) is 0 Å². The molecule has 1 aliphatic heterocycles. The van der Waals surface area contributed by atoms with Gasteiger partial charge in [-0.15, -0.1) is 0 Å². The van der Waals surface area contributed by atoms with Crippen LogP contribution in [-0.2, 0) is 0 Å². The summed E-state index contributed by atoms with van der Waals surface area (Å²) in [6.07, 6.45) is 1.74. The van der Waals surface area contributed by atoms with E-state index in [0.717, 1.165) is 41.4 Å². The molecule has 2 heterocycles. The number of amidine groups is 1. The summed E-state index contributed by atoms with van der Waals surface area (Å²) in [7, 11) is 0. The second kappa shape index (κ2) is 5.56. The van der Waals surface area contributed by atoms with Crippen LogP contribution in [0.5, 0.6) is 11.6 Å². The van der Waals surface area contributed by atoms with Gasteiger partial charge in [-0.2, -0.15) is 0 Å². The predicted molar refractivity (Wildman–Crippen MR) is 84.4 cm³/mol. The van der Waals surface area contributed by atoms with E-state index < -0.39 is 0 Å². The largest absolute Gasteiger partial charge is 0.438 e. The molecule has 2 aromatic rings. The molecule has 1 aromatic heterocycles. The Bertz CT molecular complexity index is 707. The van der Waals surface area contributed by atoms with Crippen LogP contribution in [-0.4, -0.2) is 23.9 Å². The van der Waals surface area contributed by atoms with Crippen molar-refractivity contribution in [1.82, 2.24) is 10.3 Å². The zero-order valence-electron chi connectivity index (χ0n) is 12.6. The second-order valence-corrected chi connectivity index (χ2v) is 5.27. The molecule has 4 nitrogen and oxygen atoms in total. The summed E-state index contributed by atoms with van der Waals surface area (Å²) >= 11 is 0. The summed E-state index contributed by atoms with van der Waals surface area (Å²) in [6, 6.07) is 8.08. The Morgan fingerprint density at radius 3 is 2.67 bits per heavy atom. The fraction of sp³-hybridized carbons (Fsp3) is 0.294. The fourth-order valence-corrected chi connectivity index (χ4v) is 2.41. The Morgan fingerprint density at radius 1 is 1.10 bits per heavy atom. The monoisotopic (exact) mass is 281 g/mol. The molecule has 1 aromatic carbocycles. The number of hydrogen-bond donors (Lipinski definition) is 1. The molecule has 0 saturated carbocycles. The zero-order chi connectivity index (χ0) is 14.8. The molecule has 0 aliphatic carbocycles. The summed E-state index contributed by atoms with van der Waals surface area (Å²) in [5.41, 5.74) is 4.38. The molecule has 0 amide bonds. The molecule has 1 N–H and O–H groups in total. The lowest BCUT2D eigenvalue weighted by Gasteiger charge is -2.15. The summed E-state index contributed by atoms with van der Waals surface area (Å²) in [6.45, 7) is 7.88. The van der Waals surface area contributed by atoms with E-state index in [1.807, 2.05) is 12.1 Å². The normalized spacial score (nSPS) is 13.8. The van der Waals surface area contributed by atoms with Crippen LogP contribution in [0.25, 0.3) is 0 Å². The fourth-order valence-electron chi connectivity index (χ4n) is 2.41. The minimum atomic E-state index is 0.599. The van der Waals surface area contributed by atoms with E-state index in [2.05, 4.69) is 48.2 Å². The van der Waals surface area contributed by atoms with Gasteiger partial charge in [0.15, 0.2) is 0 Å². The lowest BCUT2D eigenvalue weighted by atomic mass is 10.1. The SMILES string of the molecule is Cc1ccc(C)c(Oc2ncccc2C2=NCCN2)c1C. The molecule has 3 rings (SSSR count). The van der Waals surface area contributed by atoms with Crippen LogP contribution >= 0.6 is 0 Å². The molecule has 0 unspecified atom stereocenters. The van der Waals surface area contributed by atoms with Gasteiger partial charge in [0, 0.05) is 12.7 Å². The topological polar surface area (TPSA) is 46.5 Å². The average Bonchev–Trinajstić information content (AvgIpc) is 3.02. The molecule has 108 valence electrons. The smallest absolute Gasteiger partial charge is 0.230 e. The molecule has 1 aliphatic rings. The Kier molecular flexibility index (Phi) is 3.60. The van der Waals surface area contributed by atoms with Crippen LogP contribution in [0.15, 0.2) is 35.5 Å². The van der Waals surface area contributed by atoms with Gasteiger partial charge in [-0.05, 0) is 49.6 Å². The van der Waals surface area contributed by atoms with Crippen LogP contribution in [0, 0.1) is 20.8 Å². The number of benzene rings is 1. The molecular formula is C17H19N3O. The molecular weight excluding hydrogens is 262 g/mol. The predicted octanol–water partition coefficient (Wildman–Crippen LogP) is 3.15. The number of aliphatic imine (C=N–C) groups is 1. The first-order valence-corrected chi connectivity index (χ1v) is 7.15. The number of hydrogen-bond acceptors (Lipinski definition) is 4. The number of nitrogens with one attached hydrogen (secondary N) is 1. The van der Waals surface area contributed by atoms with Crippen LogP contribution in [0.1, 0.15) is 22.3 Å². The van der Waals surface area contributed by atoms with Crippen molar-refractivity contribution < 1.29 is 4.74 Å². The Hall–Kier alpha value is -2.36. The average molecular weight is 281 g/mol. The van der Waals surface area contributed by atoms with Crippen molar-refractivity contribution in [3.8, 4) is 11.6 Å². The van der Waals surface area contributed by atoms with E-state index in [1.165, 1.54) is 5.56 Å². The number of pyridine rings is 1. The van der Waals surface area contributed by atoms with E-state index >= 15 is 0 Å². The highest BCUT2D eigenvalue weighted by atomic mass is 16.5. The van der Waals surface area contributed by atoms with Gasteiger partial charge >= 0.3 is 0 Å². The highest BCUT2D eigenvalue weighted by Gasteiger charge is 2.16. The van der Waals surface area contributed by atoms with Gasteiger partial charge in [0.05, 0.1) is 12.1 Å². The van der Waals surface area contributed by atoms with Gasteiger partial charge in [0.25, 0.3) is 0 Å². The van der Waals surface area contributed by atoms with Crippen molar-refractivity contribution in [1.29, 1.82) is 0 Å². The molecule has 0 bridgehead atoms. The lowest BCUT2D eigenvalue weighted by molar-refractivity contribution is 0.454. The third-order valence-corrected chi connectivity index (χ3v) is 3.77. The number of rotatable bonds is 3. The van der Waals surface area contributed by atoms with E-state index in [9.17, 15) is 0 Å². The Morgan fingerprint density at radius 2 is 1.90 bits per heavy atom. The van der Waals surface area contributed by atoms with Gasteiger partial charge < -0.3 is 10.1 Å². The van der Waals surface area contributed by atoms with E-state index in [4.69, 9.17) is 4.74 Å². The summed E-state index contributed by atoms with van der Waals surface area (Å²) in [5.74, 6) is 2.34. The molecule has 21 heavy (non-hydrogen) atoms. The van der Waals surface area contributed by atoms with Crippen molar-refractivity contribution in [2.75, 3.05) is 13.1 Å². The van der Waals surface area contributed by atoms with E-state index in [0.29, 0.717) is 5.88 Å². The number of aryl methyl sites for hydroxylation is 2. The molecule has 0 spiro atoms. The summed E-state index contributed by atoms with van der Waals surface area (Å²) in [4.78, 5) is 8.84. The van der Waals surface area contributed by atoms with Gasteiger partial charge in [0.2, 0.25) is 5.88 Å². The minimum Gasteiger partial charge on any atom is -0.438 e. The molecule has 0 saturated heterocycles.